The highest BCUT2D eigenvalue weighted by molar-refractivity contribution is 7.13. The van der Waals surface area contributed by atoms with E-state index in [4.69, 9.17) is 0 Å². The summed E-state index contributed by atoms with van der Waals surface area (Å²) in [4.78, 5) is 12.9. The van der Waals surface area contributed by atoms with E-state index in [1.807, 2.05) is 6.92 Å². The molecular weight excluding hydrogens is 326 g/mol. The van der Waals surface area contributed by atoms with Gasteiger partial charge in [0, 0.05) is 29.1 Å². The Morgan fingerprint density at radius 1 is 0.920 bits per heavy atom. The van der Waals surface area contributed by atoms with Gasteiger partial charge in [-0.3, -0.25) is 4.79 Å². The van der Waals surface area contributed by atoms with E-state index >= 15 is 0 Å². The zero-order valence-corrected chi connectivity index (χ0v) is 15.3. The SMILES string of the molecule is CCCC(=O)CCc1ccc(Nc2ccc(-c3cccs3)cc2)cc1. The molecule has 0 saturated heterocycles. The Hall–Kier alpha value is -2.39. The molecule has 0 bridgehead atoms. The summed E-state index contributed by atoms with van der Waals surface area (Å²) in [7, 11) is 0. The zero-order chi connectivity index (χ0) is 17.5. The van der Waals surface area contributed by atoms with Crippen LogP contribution in [0, 0.1) is 0 Å². The normalized spacial score (nSPS) is 10.6. The summed E-state index contributed by atoms with van der Waals surface area (Å²) in [5.41, 5.74) is 4.59. The fourth-order valence-electron chi connectivity index (χ4n) is 2.77. The smallest absolute Gasteiger partial charge is 0.133 e. The van der Waals surface area contributed by atoms with Crippen LogP contribution in [-0.2, 0) is 11.2 Å². The maximum absolute atomic E-state index is 11.6. The lowest BCUT2D eigenvalue weighted by Crippen LogP contribution is -1.99. The number of nitrogens with one attached hydrogen (secondary N) is 1. The minimum absolute atomic E-state index is 0.357. The van der Waals surface area contributed by atoms with Crippen LogP contribution in [0.2, 0.25) is 0 Å². The van der Waals surface area contributed by atoms with Gasteiger partial charge in [0.2, 0.25) is 0 Å². The molecule has 0 aliphatic rings. The summed E-state index contributed by atoms with van der Waals surface area (Å²) in [5, 5.41) is 5.52. The number of aryl methyl sites for hydroxylation is 1. The first-order valence-corrected chi connectivity index (χ1v) is 9.64. The summed E-state index contributed by atoms with van der Waals surface area (Å²) >= 11 is 1.75. The maximum atomic E-state index is 11.6. The van der Waals surface area contributed by atoms with Crippen LogP contribution in [0.25, 0.3) is 10.4 Å². The van der Waals surface area contributed by atoms with E-state index in [0.29, 0.717) is 18.6 Å². The van der Waals surface area contributed by atoms with Gasteiger partial charge in [-0.1, -0.05) is 37.3 Å². The van der Waals surface area contributed by atoms with Crippen molar-refractivity contribution >= 4 is 28.5 Å². The van der Waals surface area contributed by atoms with Gasteiger partial charge in [0.15, 0.2) is 0 Å². The van der Waals surface area contributed by atoms with Crippen molar-refractivity contribution in [3.8, 4) is 10.4 Å². The second-order valence-electron chi connectivity index (χ2n) is 6.17. The number of hydrogen-bond acceptors (Lipinski definition) is 3. The number of hydrogen-bond donors (Lipinski definition) is 1. The van der Waals surface area contributed by atoms with Crippen molar-refractivity contribution in [2.24, 2.45) is 0 Å². The molecule has 0 spiro atoms. The van der Waals surface area contributed by atoms with Crippen molar-refractivity contribution in [3.05, 3.63) is 71.6 Å². The fourth-order valence-corrected chi connectivity index (χ4v) is 3.50. The molecule has 1 heterocycles. The van der Waals surface area contributed by atoms with Crippen molar-refractivity contribution in [1.29, 1.82) is 0 Å². The minimum atomic E-state index is 0.357. The number of carbonyl (C=O) groups is 1. The number of ketones is 1. The standard InChI is InChI=1S/C22H23NOS/c1-2-4-21(24)15-8-17-6-11-19(12-7-17)23-20-13-9-18(10-14-20)22-5-3-16-25-22/h3,5-7,9-14,16,23H,2,4,8,15H2,1H3. The van der Waals surface area contributed by atoms with E-state index in [1.165, 1.54) is 16.0 Å². The number of benzene rings is 2. The molecule has 0 radical (unpaired) electrons. The van der Waals surface area contributed by atoms with E-state index in [2.05, 4.69) is 71.4 Å². The molecule has 3 rings (SSSR count). The molecule has 0 amide bonds. The second-order valence-corrected chi connectivity index (χ2v) is 7.11. The highest BCUT2D eigenvalue weighted by atomic mass is 32.1. The molecule has 0 atom stereocenters. The molecule has 0 unspecified atom stereocenters. The molecule has 0 fully saturated rings. The Balaban J connectivity index is 1.57. The molecule has 3 heteroatoms. The van der Waals surface area contributed by atoms with Gasteiger partial charge < -0.3 is 5.32 Å². The summed E-state index contributed by atoms with van der Waals surface area (Å²) in [6.45, 7) is 2.05. The third-order valence-corrected chi connectivity index (χ3v) is 5.07. The first-order valence-electron chi connectivity index (χ1n) is 8.76. The van der Waals surface area contributed by atoms with Gasteiger partial charge in [-0.2, -0.15) is 0 Å². The van der Waals surface area contributed by atoms with E-state index in [0.717, 1.165) is 24.2 Å². The minimum Gasteiger partial charge on any atom is -0.356 e. The van der Waals surface area contributed by atoms with Crippen LogP contribution in [-0.4, -0.2) is 5.78 Å². The highest BCUT2D eigenvalue weighted by Crippen LogP contribution is 2.26. The topological polar surface area (TPSA) is 29.1 Å². The van der Waals surface area contributed by atoms with Crippen molar-refractivity contribution in [2.45, 2.75) is 32.6 Å². The van der Waals surface area contributed by atoms with Crippen LogP contribution in [0.3, 0.4) is 0 Å². The van der Waals surface area contributed by atoms with E-state index in [-0.39, 0.29) is 0 Å². The van der Waals surface area contributed by atoms with Crippen LogP contribution in [0.15, 0.2) is 66.0 Å². The fraction of sp³-hybridized carbons (Fsp3) is 0.227. The Bertz CT molecular complexity index is 789. The lowest BCUT2D eigenvalue weighted by atomic mass is 10.0. The number of anilines is 2. The third kappa shape index (κ3) is 5.04. The van der Waals surface area contributed by atoms with Gasteiger partial charge in [0.05, 0.1) is 0 Å². The molecule has 25 heavy (non-hydrogen) atoms. The summed E-state index contributed by atoms with van der Waals surface area (Å²) in [5.74, 6) is 0.357. The van der Waals surface area contributed by atoms with Crippen LogP contribution < -0.4 is 5.32 Å². The molecular formula is C22H23NOS. The van der Waals surface area contributed by atoms with Crippen LogP contribution in [0.5, 0.6) is 0 Å². The van der Waals surface area contributed by atoms with Crippen molar-refractivity contribution in [2.75, 3.05) is 5.32 Å². The van der Waals surface area contributed by atoms with Crippen molar-refractivity contribution < 1.29 is 4.79 Å². The molecule has 0 aliphatic carbocycles. The van der Waals surface area contributed by atoms with Crippen LogP contribution in [0.1, 0.15) is 31.7 Å². The number of rotatable bonds is 8. The average Bonchev–Trinajstić information content (AvgIpc) is 3.17. The Kier molecular flexibility index (Phi) is 6.02. The highest BCUT2D eigenvalue weighted by Gasteiger charge is 2.03. The monoisotopic (exact) mass is 349 g/mol. The van der Waals surface area contributed by atoms with Gasteiger partial charge >= 0.3 is 0 Å². The zero-order valence-electron chi connectivity index (χ0n) is 14.5. The van der Waals surface area contributed by atoms with Gasteiger partial charge in [0.25, 0.3) is 0 Å². The average molecular weight is 349 g/mol. The predicted molar refractivity (Wildman–Crippen MR) is 108 cm³/mol. The quantitative estimate of drug-likeness (QED) is 0.505. The predicted octanol–water partition coefficient (Wildman–Crippen LogP) is 6.46. The first-order chi connectivity index (χ1) is 12.2. The number of thiophene rings is 1. The molecule has 128 valence electrons. The molecule has 1 N–H and O–H groups in total. The maximum Gasteiger partial charge on any atom is 0.133 e. The molecule has 1 aromatic heterocycles. The number of Topliss-reactive ketones (excluding diaryl/α,β-unsaturated/α-hetero) is 1. The van der Waals surface area contributed by atoms with Gasteiger partial charge in [-0.25, -0.2) is 0 Å². The largest absolute Gasteiger partial charge is 0.356 e. The molecule has 2 aromatic carbocycles. The molecule has 2 nitrogen and oxygen atoms in total. The summed E-state index contributed by atoms with van der Waals surface area (Å²) in [6.07, 6.45) is 3.10. The third-order valence-electron chi connectivity index (χ3n) is 4.15. The van der Waals surface area contributed by atoms with Crippen molar-refractivity contribution in [1.82, 2.24) is 0 Å². The summed E-state index contributed by atoms with van der Waals surface area (Å²) in [6, 6.07) is 21.0. The lowest BCUT2D eigenvalue weighted by molar-refractivity contribution is -0.119. The first kappa shape index (κ1) is 17.4. The summed E-state index contributed by atoms with van der Waals surface area (Å²) < 4.78 is 0. The molecule has 3 aromatic rings. The lowest BCUT2D eigenvalue weighted by Gasteiger charge is -2.08. The van der Waals surface area contributed by atoms with E-state index in [9.17, 15) is 4.79 Å². The van der Waals surface area contributed by atoms with E-state index in [1.54, 1.807) is 11.3 Å². The van der Waals surface area contributed by atoms with Gasteiger partial charge in [-0.05, 0) is 59.7 Å². The number of carbonyl (C=O) groups excluding carboxylic acids is 1. The Morgan fingerprint density at radius 2 is 1.60 bits per heavy atom. The van der Waals surface area contributed by atoms with Crippen LogP contribution in [0.4, 0.5) is 11.4 Å². The molecule has 0 saturated carbocycles. The second kappa shape index (κ2) is 8.63. The Morgan fingerprint density at radius 3 is 2.20 bits per heavy atom. The van der Waals surface area contributed by atoms with E-state index < -0.39 is 0 Å². The Labute approximate surface area is 153 Å². The molecule has 0 aliphatic heterocycles. The van der Waals surface area contributed by atoms with Gasteiger partial charge in [-0.15, -0.1) is 11.3 Å². The van der Waals surface area contributed by atoms with Crippen molar-refractivity contribution in [3.63, 3.8) is 0 Å². The van der Waals surface area contributed by atoms with Gasteiger partial charge in [0.1, 0.15) is 5.78 Å². The van der Waals surface area contributed by atoms with Crippen LogP contribution >= 0.6 is 11.3 Å².